The van der Waals surface area contributed by atoms with Crippen molar-refractivity contribution in [1.29, 1.82) is 5.26 Å². The van der Waals surface area contributed by atoms with Crippen molar-refractivity contribution >= 4 is 23.3 Å². The third-order valence-electron chi connectivity index (χ3n) is 1.61. The lowest BCUT2D eigenvalue weighted by Crippen LogP contribution is -2.03. The molecular formula is C9H10F2N2O2S2. The highest BCUT2D eigenvalue weighted by molar-refractivity contribution is 8.01. The Kier molecular flexibility index (Phi) is 6.18. The number of alkyl halides is 2. The van der Waals surface area contributed by atoms with E-state index in [1.807, 2.05) is 13.0 Å². The van der Waals surface area contributed by atoms with Gasteiger partial charge in [-0.25, -0.2) is 0 Å². The molecule has 0 radical (unpaired) electrons. The standard InChI is InChI=1S/C9H10F2N2O2S2/c1-2-14-3-4-16-8-6(5-12)7(13-17-8)15-9(10)11/h9H,2-4H2,1H3. The average molecular weight is 280 g/mol. The molecule has 1 aromatic heterocycles. The Morgan fingerprint density at radius 3 is 2.94 bits per heavy atom. The molecule has 1 aromatic rings. The van der Waals surface area contributed by atoms with Gasteiger partial charge in [-0.3, -0.25) is 0 Å². The molecular weight excluding hydrogens is 270 g/mol. The highest BCUT2D eigenvalue weighted by Gasteiger charge is 2.18. The quantitative estimate of drug-likeness (QED) is 0.568. The molecule has 0 aliphatic heterocycles. The Bertz CT molecular complexity index is 393. The van der Waals surface area contributed by atoms with Crippen LogP contribution < -0.4 is 4.74 Å². The summed E-state index contributed by atoms with van der Waals surface area (Å²) < 4.78 is 37.5. The van der Waals surface area contributed by atoms with E-state index in [4.69, 9.17) is 10.00 Å². The second kappa shape index (κ2) is 7.42. The summed E-state index contributed by atoms with van der Waals surface area (Å²) in [5.41, 5.74) is 0.0665. The molecule has 1 rings (SSSR count). The van der Waals surface area contributed by atoms with Crippen molar-refractivity contribution in [1.82, 2.24) is 4.37 Å². The normalized spacial score (nSPS) is 10.5. The monoisotopic (exact) mass is 280 g/mol. The van der Waals surface area contributed by atoms with E-state index >= 15 is 0 Å². The van der Waals surface area contributed by atoms with Crippen LogP contribution in [-0.2, 0) is 4.74 Å². The fraction of sp³-hybridized carbons (Fsp3) is 0.556. The van der Waals surface area contributed by atoms with Crippen molar-refractivity contribution in [3.05, 3.63) is 5.56 Å². The SMILES string of the molecule is CCOCCSc1snc(OC(F)F)c1C#N. The van der Waals surface area contributed by atoms with Crippen LogP contribution in [0.4, 0.5) is 8.78 Å². The second-order valence-corrected chi connectivity index (χ2v) is 4.82. The van der Waals surface area contributed by atoms with Gasteiger partial charge in [0.15, 0.2) is 0 Å². The summed E-state index contributed by atoms with van der Waals surface area (Å²) in [5.74, 6) is 0.338. The van der Waals surface area contributed by atoms with E-state index < -0.39 is 6.61 Å². The molecule has 94 valence electrons. The van der Waals surface area contributed by atoms with E-state index in [0.29, 0.717) is 23.2 Å². The molecule has 0 atom stereocenters. The van der Waals surface area contributed by atoms with Crippen molar-refractivity contribution in [2.75, 3.05) is 19.0 Å². The van der Waals surface area contributed by atoms with Gasteiger partial charge in [-0.2, -0.15) is 18.4 Å². The predicted octanol–water partition coefficient (Wildman–Crippen LogP) is 2.74. The average Bonchev–Trinajstić information content (AvgIpc) is 2.66. The molecule has 0 aliphatic carbocycles. The summed E-state index contributed by atoms with van der Waals surface area (Å²) in [5, 5.41) is 8.85. The van der Waals surface area contributed by atoms with Gasteiger partial charge in [-0.1, -0.05) is 0 Å². The molecule has 0 N–H and O–H groups in total. The maximum Gasteiger partial charge on any atom is 0.388 e. The van der Waals surface area contributed by atoms with E-state index in [-0.39, 0.29) is 11.4 Å². The third-order valence-corrected chi connectivity index (χ3v) is 3.65. The first-order valence-corrected chi connectivity index (χ1v) is 6.50. The zero-order chi connectivity index (χ0) is 12.7. The maximum atomic E-state index is 12.0. The zero-order valence-electron chi connectivity index (χ0n) is 8.98. The van der Waals surface area contributed by atoms with Crippen LogP contribution in [0.15, 0.2) is 4.21 Å². The van der Waals surface area contributed by atoms with E-state index in [2.05, 4.69) is 9.11 Å². The lowest BCUT2D eigenvalue weighted by molar-refractivity contribution is -0.0524. The Morgan fingerprint density at radius 2 is 2.35 bits per heavy atom. The predicted molar refractivity (Wildman–Crippen MR) is 60.7 cm³/mol. The fourth-order valence-electron chi connectivity index (χ4n) is 0.956. The van der Waals surface area contributed by atoms with Gasteiger partial charge in [0, 0.05) is 12.4 Å². The lowest BCUT2D eigenvalue weighted by Gasteiger charge is -2.01. The van der Waals surface area contributed by atoms with Crippen LogP contribution in [0.3, 0.4) is 0 Å². The Hall–Kier alpha value is -0.910. The number of hydrogen-bond donors (Lipinski definition) is 0. The van der Waals surface area contributed by atoms with Crippen molar-refractivity contribution in [3.8, 4) is 11.9 Å². The topological polar surface area (TPSA) is 55.1 Å². The minimum Gasteiger partial charge on any atom is -0.414 e. The Balaban J connectivity index is 2.60. The van der Waals surface area contributed by atoms with Crippen LogP contribution in [0, 0.1) is 11.3 Å². The minimum atomic E-state index is -2.97. The largest absolute Gasteiger partial charge is 0.414 e. The number of thioether (sulfide) groups is 1. The van der Waals surface area contributed by atoms with Crippen LogP contribution in [-0.4, -0.2) is 30.0 Å². The summed E-state index contributed by atoms with van der Waals surface area (Å²) in [6.45, 7) is 0.0703. The van der Waals surface area contributed by atoms with Crippen LogP contribution in [0.25, 0.3) is 0 Å². The Labute approximate surface area is 106 Å². The van der Waals surface area contributed by atoms with E-state index in [9.17, 15) is 8.78 Å². The van der Waals surface area contributed by atoms with Crippen molar-refractivity contribution < 1.29 is 18.3 Å². The highest BCUT2D eigenvalue weighted by Crippen LogP contribution is 2.33. The van der Waals surface area contributed by atoms with E-state index in [1.54, 1.807) is 0 Å². The summed E-state index contributed by atoms with van der Waals surface area (Å²) in [7, 11) is 0. The molecule has 0 aliphatic rings. The molecule has 0 aromatic carbocycles. The van der Waals surface area contributed by atoms with Gasteiger partial charge in [-0.05, 0) is 18.5 Å². The van der Waals surface area contributed by atoms with Gasteiger partial charge >= 0.3 is 6.61 Å². The number of nitriles is 1. The summed E-state index contributed by atoms with van der Waals surface area (Å²) in [6.07, 6.45) is 0. The van der Waals surface area contributed by atoms with Gasteiger partial charge in [-0.15, -0.1) is 11.8 Å². The van der Waals surface area contributed by atoms with Crippen LogP contribution in [0.5, 0.6) is 5.88 Å². The number of halogens is 2. The number of rotatable bonds is 7. The number of ether oxygens (including phenoxy) is 2. The van der Waals surface area contributed by atoms with Gasteiger partial charge in [0.25, 0.3) is 0 Å². The molecule has 4 nitrogen and oxygen atoms in total. The molecule has 0 saturated heterocycles. The first kappa shape index (κ1) is 14.2. The van der Waals surface area contributed by atoms with Crippen molar-refractivity contribution in [3.63, 3.8) is 0 Å². The fourth-order valence-corrected chi connectivity index (χ4v) is 2.72. The van der Waals surface area contributed by atoms with E-state index in [0.717, 1.165) is 11.5 Å². The summed E-state index contributed by atoms with van der Waals surface area (Å²) in [4.78, 5) is 0. The van der Waals surface area contributed by atoms with Crippen LogP contribution in [0.2, 0.25) is 0 Å². The molecule has 0 amide bonds. The second-order valence-electron chi connectivity index (χ2n) is 2.69. The van der Waals surface area contributed by atoms with Crippen molar-refractivity contribution in [2.45, 2.75) is 17.7 Å². The molecule has 1 heterocycles. The summed E-state index contributed by atoms with van der Waals surface area (Å²) in [6, 6.07) is 1.82. The van der Waals surface area contributed by atoms with E-state index in [1.165, 1.54) is 11.8 Å². The van der Waals surface area contributed by atoms with Gasteiger partial charge in [0.2, 0.25) is 5.88 Å². The molecule has 0 spiro atoms. The number of hydrogen-bond acceptors (Lipinski definition) is 6. The molecule has 0 bridgehead atoms. The third kappa shape index (κ3) is 4.46. The summed E-state index contributed by atoms with van der Waals surface area (Å²) >= 11 is 2.32. The maximum absolute atomic E-state index is 12.0. The van der Waals surface area contributed by atoms with Gasteiger partial charge in [0.1, 0.15) is 15.8 Å². The van der Waals surface area contributed by atoms with Gasteiger partial charge in [0.05, 0.1) is 6.61 Å². The first-order chi connectivity index (χ1) is 8.19. The Morgan fingerprint density at radius 1 is 1.59 bits per heavy atom. The molecule has 8 heteroatoms. The van der Waals surface area contributed by atoms with Crippen LogP contribution in [0.1, 0.15) is 12.5 Å². The molecule has 0 fully saturated rings. The van der Waals surface area contributed by atoms with Crippen LogP contribution >= 0.6 is 23.3 Å². The molecule has 17 heavy (non-hydrogen) atoms. The highest BCUT2D eigenvalue weighted by atomic mass is 32.2. The zero-order valence-corrected chi connectivity index (χ0v) is 10.6. The lowest BCUT2D eigenvalue weighted by atomic mass is 10.4. The smallest absolute Gasteiger partial charge is 0.388 e. The number of aromatic nitrogens is 1. The molecule has 0 unspecified atom stereocenters. The molecule has 0 saturated carbocycles. The number of nitrogens with zero attached hydrogens (tertiary/aromatic N) is 2. The van der Waals surface area contributed by atoms with Gasteiger partial charge < -0.3 is 9.47 Å². The minimum absolute atomic E-state index is 0.0665. The van der Waals surface area contributed by atoms with Crippen molar-refractivity contribution in [2.24, 2.45) is 0 Å². The first-order valence-electron chi connectivity index (χ1n) is 4.74.